The molecular weight excluding hydrogens is 220 g/mol. The minimum absolute atomic E-state index is 0.0488. The van der Waals surface area contributed by atoms with Crippen LogP contribution in [-0.2, 0) is 9.47 Å². The molecule has 2 unspecified atom stereocenters. The molecule has 2 heterocycles. The highest BCUT2D eigenvalue weighted by Crippen LogP contribution is 2.35. The second-order valence-electron chi connectivity index (χ2n) is 5.99. The Morgan fingerprint density at radius 2 is 2.24 bits per heavy atom. The van der Waals surface area contributed by atoms with Crippen molar-refractivity contribution in [1.82, 2.24) is 4.90 Å². The van der Waals surface area contributed by atoms with Crippen LogP contribution in [0.2, 0.25) is 0 Å². The Balaban J connectivity index is 1.96. The molecule has 2 fully saturated rings. The lowest BCUT2D eigenvalue weighted by Gasteiger charge is -2.52. The molecular formula is C12H22N2O3. The van der Waals surface area contributed by atoms with Crippen molar-refractivity contribution in [2.75, 3.05) is 19.7 Å². The maximum atomic E-state index is 12.0. The van der Waals surface area contributed by atoms with Crippen molar-refractivity contribution in [2.24, 2.45) is 5.73 Å². The highest BCUT2D eigenvalue weighted by molar-refractivity contribution is 5.68. The average Bonchev–Trinajstić information content (AvgIpc) is 2.25. The van der Waals surface area contributed by atoms with Gasteiger partial charge in [-0.15, -0.1) is 0 Å². The van der Waals surface area contributed by atoms with Crippen molar-refractivity contribution in [1.29, 1.82) is 0 Å². The zero-order chi connectivity index (χ0) is 12.7. The molecule has 5 nitrogen and oxygen atoms in total. The number of carbonyl (C=O) groups is 1. The zero-order valence-electron chi connectivity index (χ0n) is 10.9. The molecule has 0 bridgehead atoms. The van der Waals surface area contributed by atoms with E-state index in [2.05, 4.69) is 0 Å². The van der Waals surface area contributed by atoms with Gasteiger partial charge in [0.15, 0.2) is 0 Å². The highest BCUT2D eigenvalue weighted by Gasteiger charge is 2.50. The molecule has 17 heavy (non-hydrogen) atoms. The number of hydrogen-bond donors (Lipinski definition) is 1. The summed E-state index contributed by atoms with van der Waals surface area (Å²) in [5.74, 6) is 0. The Kier molecular flexibility index (Phi) is 3.08. The molecule has 2 N–H and O–H groups in total. The van der Waals surface area contributed by atoms with Gasteiger partial charge < -0.3 is 20.1 Å². The van der Waals surface area contributed by atoms with E-state index < -0.39 is 5.60 Å². The van der Waals surface area contributed by atoms with Crippen molar-refractivity contribution in [2.45, 2.75) is 50.9 Å². The van der Waals surface area contributed by atoms with E-state index >= 15 is 0 Å². The lowest BCUT2D eigenvalue weighted by molar-refractivity contribution is -0.190. The van der Waals surface area contributed by atoms with E-state index in [1.165, 1.54) is 0 Å². The van der Waals surface area contributed by atoms with Crippen LogP contribution in [-0.4, -0.2) is 47.9 Å². The number of amides is 1. The van der Waals surface area contributed by atoms with Crippen molar-refractivity contribution < 1.29 is 14.3 Å². The minimum atomic E-state index is -0.454. The van der Waals surface area contributed by atoms with Crippen LogP contribution in [0.25, 0.3) is 0 Å². The van der Waals surface area contributed by atoms with Crippen LogP contribution in [0.15, 0.2) is 0 Å². The number of hydrogen-bond acceptors (Lipinski definition) is 4. The van der Waals surface area contributed by atoms with Crippen LogP contribution >= 0.6 is 0 Å². The fourth-order valence-electron chi connectivity index (χ4n) is 2.37. The number of carbonyl (C=O) groups excluding carboxylic acids is 1. The maximum absolute atomic E-state index is 12.0. The van der Waals surface area contributed by atoms with Gasteiger partial charge in [-0.3, -0.25) is 0 Å². The first kappa shape index (κ1) is 12.6. The Labute approximate surface area is 102 Å². The van der Waals surface area contributed by atoms with Crippen LogP contribution < -0.4 is 5.73 Å². The largest absolute Gasteiger partial charge is 0.444 e. The van der Waals surface area contributed by atoms with Crippen molar-refractivity contribution in [3.05, 3.63) is 0 Å². The first-order valence-corrected chi connectivity index (χ1v) is 6.20. The molecule has 2 aliphatic rings. The van der Waals surface area contributed by atoms with E-state index in [0.717, 1.165) is 19.4 Å². The van der Waals surface area contributed by atoms with Gasteiger partial charge in [-0.1, -0.05) is 0 Å². The molecule has 2 rings (SSSR count). The Morgan fingerprint density at radius 1 is 1.53 bits per heavy atom. The molecule has 1 spiro atoms. The summed E-state index contributed by atoms with van der Waals surface area (Å²) in [6, 6.07) is 0.0488. The summed E-state index contributed by atoms with van der Waals surface area (Å²) in [5, 5.41) is 0. The lowest BCUT2D eigenvalue weighted by atomic mass is 9.82. The summed E-state index contributed by atoms with van der Waals surface area (Å²) in [4.78, 5) is 13.7. The number of likely N-dealkylation sites (tertiary alicyclic amines) is 1. The van der Waals surface area contributed by atoms with Crippen LogP contribution in [0.3, 0.4) is 0 Å². The van der Waals surface area contributed by atoms with Gasteiger partial charge >= 0.3 is 6.09 Å². The number of nitrogens with two attached hydrogens (primary N) is 1. The summed E-state index contributed by atoms with van der Waals surface area (Å²) in [6.45, 7) is 7.50. The summed E-state index contributed by atoms with van der Waals surface area (Å²) in [6.07, 6.45) is 1.60. The summed E-state index contributed by atoms with van der Waals surface area (Å²) < 4.78 is 11.0. The van der Waals surface area contributed by atoms with Crippen LogP contribution in [0.1, 0.15) is 33.6 Å². The Bertz CT molecular complexity index is 313. The van der Waals surface area contributed by atoms with Gasteiger partial charge in [-0.05, 0) is 33.6 Å². The van der Waals surface area contributed by atoms with Gasteiger partial charge in [-0.2, -0.15) is 0 Å². The van der Waals surface area contributed by atoms with E-state index in [4.69, 9.17) is 15.2 Å². The molecule has 1 amide bonds. The van der Waals surface area contributed by atoms with Gasteiger partial charge in [0.25, 0.3) is 0 Å². The van der Waals surface area contributed by atoms with E-state index in [1.54, 1.807) is 4.90 Å². The second-order valence-corrected chi connectivity index (χ2v) is 5.99. The molecule has 2 aliphatic heterocycles. The topological polar surface area (TPSA) is 64.8 Å². The maximum Gasteiger partial charge on any atom is 0.410 e. The summed E-state index contributed by atoms with van der Waals surface area (Å²) in [7, 11) is 0. The highest BCUT2D eigenvalue weighted by atomic mass is 16.6. The average molecular weight is 242 g/mol. The molecule has 98 valence electrons. The third-order valence-electron chi connectivity index (χ3n) is 3.36. The molecule has 2 saturated heterocycles. The lowest BCUT2D eigenvalue weighted by Crippen LogP contribution is -2.69. The summed E-state index contributed by atoms with van der Waals surface area (Å²) in [5.41, 5.74) is 5.21. The predicted molar refractivity (Wildman–Crippen MR) is 63.7 cm³/mol. The van der Waals surface area contributed by atoms with Gasteiger partial charge in [0.05, 0.1) is 19.2 Å². The smallest absolute Gasteiger partial charge is 0.410 e. The van der Waals surface area contributed by atoms with Crippen LogP contribution in [0.5, 0.6) is 0 Å². The molecule has 0 radical (unpaired) electrons. The monoisotopic (exact) mass is 242 g/mol. The minimum Gasteiger partial charge on any atom is -0.444 e. The van der Waals surface area contributed by atoms with Crippen LogP contribution in [0.4, 0.5) is 4.79 Å². The second kappa shape index (κ2) is 4.14. The van der Waals surface area contributed by atoms with Crippen molar-refractivity contribution in [3.8, 4) is 0 Å². The third kappa shape index (κ3) is 2.55. The van der Waals surface area contributed by atoms with Gasteiger partial charge in [-0.25, -0.2) is 4.79 Å². The van der Waals surface area contributed by atoms with Gasteiger partial charge in [0.2, 0.25) is 0 Å². The Morgan fingerprint density at radius 3 is 2.71 bits per heavy atom. The number of nitrogens with zero attached hydrogens (tertiary/aromatic N) is 1. The van der Waals surface area contributed by atoms with Crippen molar-refractivity contribution >= 4 is 6.09 Å². The molecule has 0 aliphatic carbocycles. The van der Waals surface area contributed by atoms with Gasteiger partial charge in [0.1, 0.15) is 11.2 Å². The fourth-order valence-corrected chi connectivity index (χ4v) is 2.37. The number of piperidine rings is 1. The van der Waals surface area contributed by atoms with E-state index in [1.807, 2.05) is 20.8 Å². The summed E-state index contributed by atoms with van der Waals surface area (Å²) >= 11 is 0. The third-order valence-corrected chi connectivity index (χ3v) is 3.36. The molecule has 0 aromatic rings. The fraction of sp³-hybridized carbons (Fsp3) is 0.917. The number of ether oxygens (including phenoxy) is 2. The predicted octanol–water partition coefficient (Wildman–Crippen LogP) is 1.11. The molecule has 0 aromatic heterocycles. The number of rotatable bonds is 0. The van der Waals surface area contributed by atoms with E-state index in [-0.39, 0.29) is 17.7 Å². The first-order chi connectivity index (χ1) is 7.82. The van der Waals surface area contributed by atoms with E-state index in [9.17, 15) is 4.79 Å². The molecule has 0 saturated carbocycles. The van der Waals surface area contributed by atoms with Crippen molar-refractivity contribution in [3.63, 3.8) is 0 Å². The standard InChI is InChI=1S/C12H22N2O3/c1-11(2,3)17-10(15)14-6-4-5-12(8-14)9(13)7-16-12/h9H,4-8,13H2,1-3H3. The normalized spacial score (nSPS) is 33.4. The Hall–Kier alpha value is -0.810. The first-order valence-electron chi connectivity index (χ1n) is 6.20. The molecule has 0 aromatic carbocycles. The zero-order valence-corrected chi connectivity index (χ0v) is 10.9. The SMILES string of the molecule is CC(C)(C)OC(=O)N1CCCC2(C1)OCC2N. The molecule has 2 atom stereocenters. The quantitative estimate of drug-likeness (QED) is 0.691. The molecule has 5 heteroatoms. The van der Waals surface area contributed by atoms with Gasteiger partial charge in [0, 0.05) is 6.54 Å². The van der Waals surface area contributed by atoms with Crippen LogP contribution in [0, 0.1) is 0 Å². The van der Waals surface area contributed by atoms with E-state index in [0.29, 0.717) is 13.2 Å².